The van der Waals surface area contributed by atoms with E-state index in [1.807, 2.05) is 4.57 Å². The Morgan fingerprint density at radius 2 is 2.12 bits per heavy atom. The summed E-state index contributed by atoms with van der Waals surface area (Å²) in [5, 5.41) is 9.09. The third-order valence-electron chi connectivity index (χ3n) is 3.97. The van der Waals surface area contributed by atoms with E-state index in [2.05, 4.69) is 9.88 Å². The van der Waals surface area contributed by atoms with Crippen LogP contribution in [0.15, 0.2) is 6.33 Å². The van der Waals surface area contributed by atoms with E-state index >= 15 is 0 Å². The summed E-state index contributed by atoms with van der Waals surface area (Å²) < 4.78 is 1.98. The van der Waals surface area contributed by atoms with Crippen molar-refractivity contribution in [2.24, 2.45) is 0 Å². The lowest BCUT2D eigenvalue weighted by Crippen LogP contribution is -2.40. The highest BCUT2D eigenvalue weighted by molar-refractivity contribution is 5.86. The van der Waals surface area contributed by atoms with E-state index in [9.17, 15) is 4.79 Å². The molecule has 1 aromatic heterocycles. The second-order valence-corrected chi connectivity index (χ2v) is 4.95. The van der Waals surface area contributed by atoms with Crippen LogP contribution >= 0.6 is 0 Å². The molecule has 0 unspecified atom stereocenters. The second-order valence-electron chi connectivity index (χ2n) is 4.95. The van der Waals surface area contributed by atoms with Crippen LogP contribution < -0.4 is 0 Å². The molecule has 1 N–H and O–H groups in total. The van der Waals surface area contributed by atoms with Gasteiger partial charge in [-0.05, 0) is 12.8 Å². The third kappa shape index (κ3) is 1.84. The molecule has 0 amide bonds. The van der Waals surface area contributed by atoms with Gasteiger partial charge in [0.2, 0.25) is 0 Å². The fourth-order valence-corrected chi connectivity index (χ4v) is 3.03. The van der Waals surface area contributed by atoms with Gasteiger partial charge in [-0.2, -0.15) is 0 Å². The lowest BCUT2D eigenvalue weighted by atomic mass is 10.1. The zero-order valence-corrected chi connectivity index (χ0v) is 9.80. The first-order valence-electron chi connectivity index (χ1n) is 6.27. The molecule has 0 bridgehead atoms. The second kappa shape index (κ2) is 4.14. The number of imidazole rings is 1. The van der Waals surface area contributed by atoms with E-state index in [1.165, 1.54) is 25.7 Å². The predicted octanol–water partition coefficient (Wildman–Crippen LogP) is 1.34. The van der Waals surface area contributed by atoms with Crippen molar-refractivity contribution in [2.75, 3.05) is 6.54 Å². The van der Waals surface area contributed by atoms with E-state index in [-0.39, 0.29) is 5.69 Å². The molecule has 3 rings (SSSR count). The van der Waals surface area contributed by atoms with Crippen molar-refractivity contribution in [1.29, 1.82) is 0 Å². The molecule has 0 aromatic carbocycles. The summed E-state index contributed by atoms with van der Waals surface area (Å²) in [4.78, 5) is 17.5. The molecular formula is C12H17N3O2. The van der Waals surface area contributed by atoms with Crippen molar-refractivity contribution in [3.8, 4) is 0 Å². The average Bonchev–Trinajstić information content (AvgIpc) is 2.97. The number of nitrogens with zero attached hydrogens (tertiary/aromatic N) is 3. The molecule has 2 heterocycles. The highest BCUT2D eigenvalue weighted by Crippen LogP contribution is 2.27. The maximum atomic E-state index is 11.1. The molecule has 0 saturated heterocycles. The Labute approximate surface area is 100 Å². The zero-order chi connectivity index (χ0) is 11.8. The van der Waals surface area contributed by atoms with Crippen molar-refractivity contribution < 1.29 is 9.90 Å². The van der Waals surface area contributed by atoms with Crippen molar-refractivity contribution in [3.05, 3.63) is 17.7 Å². The molecule has 1 saturated carbocycles. The molecular weight excluding hydrogens is 218 g/mol. The molecule has 0 spiro atoms. The number of fused-ring (bicyclic) bond motifs is 1. The quantitative estimate of drug-likeness (QED) is 0.840. The zero-order valence-electron chi connectivity index (χ0n) is 9.80. The van der Waals surface area contributed by atoms with Gasteiger partial charge in [-0.15, -0.1) is 0 Å². The van der Waals surface area contributed by atoms with Gasteiger partial charge < -0.3 is 9.67 Å². The number of hydrogen-bond acceptors (Lipinski definition) is 3. The molecule has 92 valence electrons. The SMILES string of the molecule is O=C(O)c1ncn2c1CN(C1CCCC1)CC2. The number of carbonyl (C=O) groups is 1. The Morgan fingerprint density at radius 1 is 1.35 bits per heavy atom. The van der Waals surface area contributed by atoms with E-state index < -0.39 is 5.97 Å². The largest absolute Gasteiger partial charge is 0.476 e. The van der Waals surface area contributed by atoms with Crippen LogP contribution in [-0.4, -0.2) is 38.1 Å². The molecule has 0 radical (unpaired) electrons. The van der Waals surface area contributed by atoms with Crippen LogP contribution in [-0.2, 0) is 13.1 Å². The van der Waals surface area contributed by atoms with Gasteiger partial charge in [-0.1, -0.05) is 12.8 Å². The molecule has 5 nitrogen and oxygen atoms in total. The first kappa shape index (κ1) is 10.8. The van der Waals surface area contributed by atoms with Crippen LogP contribution in [0.5, 0.6) is 0 Å². The number of aromatic carboxylic acids is 1. The summed E-state index contributed by atoms with van der Waals surface area (Å²) in [5.74, 6) is -0.910. The predicted molar refractivity (Wildman–Crippen MR) is 61.9 cm³/mol. The summed E-state index contributed by atoms with van der Waals surface area (Å²) in [7, 11) is 0. The van der Waals surface area contributed by atoms with E-state index in [4.69, 9.17) is 5.11 Å². The van der Waals surface area contributed by atoms with Crippen LogP contribution in [0.25, 0.3) is 0 Å². The number of aromatic nitrogens is 2. The smallest absolute Gasteiger partial charge is 0.356 e. The van der Waals surface area contributed by atoms with Crippen LogP contribution in [0, 0.1) is 0 Å². The first-order valence-corrected chi connectivity index (χ1v) is 6.27. The van der Waals surface area contributed by atoms with E-state index in [1.54, 1.807) is 6.33 Å². The molecule has 1 aliphatic heterocycles. The fourth-order valence-electron chi connectivity index (χ4n) is 3.03. The lowest BCUT2D eigenvalue weighted by molar-refractivity contribution is 0.0685. The number of hydrogen-bond donors (Lipinski definition) is 1. The minimum Gasteiger partial charge on any atom is -0.476 e. The van der Waals surface area contributed by atoms with Crippen molar-refractivity contribution in [1.82, 2.24) is 14.5 Å². The molecule has 2 aliphatic rings. The van der Waals surface area contributed by atoms with Crippen LogP contribution in [0.3, 0.4) is 0 Å². The number of carboxylic acid groups (broad SMARTS) is 1. The van der Waals surface area contributed by atoms with Gasteiger partial charge in [0.1, 0.15) is 0 Å². The highest BCUT2D eigenvalue weighted by Gasteiger charge is 2.29. The maximum absolute atomic E-state index is 11.1. The minimum absolute atomic E-state index is 0.229. The summed E-state index contributed by atoms with van der Waals surface area (Å²) in [6.07, 6.45) is 6.80. The van der Waals surface area contributed by atoms with Gasteiger partial charge in [0.05, 0.1) is 12.0 Å². The lowest BCUT2D eigenvalue weighted by Gasteiger charge is -2.33. The standard InChI is InChI=1S/C12H17N3O2/c16-12(17)11-10-7-14(9-3-1-2-4-9)5-6-15(10)8-13-11/h8-9H,1-7H2,(H,16,17). The first-order chi connectivity index (χ1) is 8.25. The monoisotopic (exact) mass is 235 g/mol. The fraction of sp³-hybridized carbons (Fsp3) is 0.667. The summed E-state index contributed by atoms with van der Waals surface area (Å²) in [6, 6.07) is 0.653. The van der Waals surface area contributed by atoms with Crippen LogP contribution in [0.1, 0.15) is 41.9 Å². The Kier molecular flexibility index (Phi) is 2.63. The molecule has 17 heavy (non-hydrogen) atoms. The van der Waals surface area contributed by atoms with Crippen molar-refractivity contribution in [2.45, 2.75) is 44.8 Å². The molecule has 0 atom stereocenters. The Hall–Kier alpha value is -1.36. The van der Waals surface area contributed by atoms with Crippen molar-refractivity contribution in [3.63, 3.8) is 0 Å². The van der Waals surface area contributed by atoms with Gasteiger partial charge in [0.25, 0.3) is 0 Å². The van der Waals surface area contributed by atoms with Crippen LogP contribution in [0.2, 0.25) is 0 Å². The van der Waals surface area contributed by atoms with Gasteiger partial charge in [-0.25, -0.2) is 9.78 Å². The number of rotatable bonds is 2. The summed E-state index contributed by atoms with van der Waals surface area (Å²) >= 11 is 0. The third-order valence-corrected chi connectivity index (χ3v) is 3.97. The Morgan fingerprint density at radius 3 is 2.82 bits per heavy atom. The van der Waals surface area contributed by atoms with Gasteiger partial charge in [0.15, 0.2) is 5.69 Å². The van der Waals surface area contributed by atoms with Crippen LogP contribution in [0.4, 0.5) is 0 Å². The average molecular weight is 235 g/mol. The Bertz CT molecular complexity index is 435. The molecule has 1 fully saturated rings. The van der Waals surface area contributed by atoms with Crippen molar-refractivity contribution >= 4 is 5.97 Å². The maximum Gasteiger partial charge on any atom is 0.356 e. The molecule has 5 heteroatoms. The van der Waals surface area contributed by atoms with Gasteiger partial charge >= 0.3 is 5.97 Å². The van der Waals surface area contributed by atoms with E-state index in [0.29, 0.717) is 6.04 Å². The highest BCUT2D eigenvalue weighted by atomic mass is 16.4. The molecule has 1 aliphatic carbocycles. The normalized spacial score (nSPS) is 21.6. The van der Waals surface area contributed by atoms with Gasteiger partial charge in [-0.3, -0.25) is 4.90 Å². The molecule has 1 aromatic rings. The van der Waals surface area contributed by atoms with Gasteiger partial charge in [0, 0.05) is 25.7 Å². The van der Waals surface area contributed by atoms with E-state index in [0.717, 1.165) is 25.3 Å². The summed E-state index contributed by atoms with van der Waals surface area (Å²) in [6.45, 7) is 2.63. The minimum atomic E-state index is -0.910. The number of carboxylic acids is 1. The Balaban J connectivity index is 1.83. The summed E-state index contributed by atoms with van der Waals surface area (Å²) in [5.41, 5.74) is 1.10. The topological polar surface area (TPSA) is 58.4 Å².